The second-order valence-electron chi connectivity index (χ2n) is 4.63. The first-order valence-corrected chi connectivity index (χ1v) is 6.50. The average Bonchev–Trinajstić information content (AvgIpc) is 2.38. The third-order valence-electron chi connectivity index (χ3n) is 2.96. The van der Waals surface area contributed by atoms with Crippen molar-refractivity contribution in [2.75, 3.05) is 11.9 Å². The van der Waals surface area contributed by atoms with Crippen LogP contribution in [0.3, 0.4) is 0 Å². The highest BCUT2D eigenvalue weighted by Gasteiger charge is 2.08. The smallest absolute Gasteiger partial charge is 0.131 e. The van der Waals surface area contributed by atoms with E-state index in [-0.39, 0.29) is 6.61 Å². The summed E-state index contributed by atoms with van der Waals surface area (Å²) in [5, 5.41) is 9.83. The van der Waals surface area contributed by atoms with E-state index < -0.39 is 0 Å². The van der Waals surface area contributed by atoms with Crippen molar-refractivity contribution in [3.63, 3.8) is 0 Å². The van der Waals surface area contributed by atoms with E-state index >= 15 is 0 Å². The Hall–Kier alpha value is -1.58. The molecule has 0 fully saturated rings. The van der Waals surface area contributed by atoms with Crippen LogP contribution in [0.2, 0.25) is 5.02 Å². The van der Waals surface area contributed by atoms with Crippen molar-refractivity contribution in [3.8, 4) is 0 Å². The molecular formula is C15H17ClN2O. The zero-order valence-electron chi connectivity index (χ0n) is 11.1. The van der Waals surface area contributed by atoms with E-state index in [4.69, 9.17) is 16.7 Å². The minimum absolute atomic E-state index is 0.0200. The molecule has 0 saturated carbocycles. The van der Waals surface area contributed by atoms with E-state index in [0.29, 0.717) is 0 Å². The third-order valence-corrected chi connectivity index (χ3v) is 3.20. The molecule has 0 saturated heterocycles. The molecule has 2 rings (SSSR count). The maximum Gasteiger partial charge on any atom is 0.131 e. The van der Waals surface area contributed by atoms with Crippen LogP contribution in [0.4, 0.5) is 5.82 Å². The summed E-state index contributed by atoms with van der Waals surface area (Å²) in [4.78, 5) is 6.47. The van der Waals surface area contributed by atoms with Crippen molar-refractivity contribution in [3.05, 3.63) is 58.2 Å². The predicted octanol–water partition coefficient (Wildman–Crippen LogP) is 3.17. The SMILES string of the molecule is Cc1cc(CO)cnc1N(C)Cc1cccc(Cl)c1. The maximum absolute atomic E-state index is 9.09. The number of hydrogen-bond donors (Lipinski definition) is 1. The van der Waals surface area contributed by atoms with E-state index in [2.05, 4.69) is 9.88 Å². The predicted molar refractivity (Wildman–Crippen MR) is 78.5 cm³/mol. The number of benzene rings is 1. The highest BCUT2D eigenvalue weighted by Crippen LogP contribution is 2.20. The van der Waals surface area contributed by atoms with Gasteiger partial charge in [0.1, 0.15) is 5.82 Å². The first-order chi connectivity index (χ1) is 9.10. The van der Waals surface area contributed by atoms with Gasteiger partial charge >= 0.3 is 0 Å². The fourth-order valence-electron chi connectivity index (χ4n) is 2.10. The lowest BCUT2D eigenvalue weighted by atomic mass is 10.2. The number of pyridine rings is 1. The maximum atomic E-state index is 9.09. The van der Waals surface area contributed by atoms with E-state index in [1.54, 1.807) is 6.20 Å². The van der Waals surface area contributed by atoms with Gasteiger partial charge in [0.25, 0.3) is 0 Å². The molecule has 0 aliphatic rings. The lowest BCUT2D eigenvalue weighted by Crippen LogP contribution is -2.19. The van der Waals surface area contributed by atoms with Gasteiger partial charge in [0.2, 0.25) is 0 Å². The third kappa shape index (κ3) is 3.46. The molecule has 100 valence electrons. The monoisotopic (exact) mass is 276 g/mol. The van der Waals surface area contributed by atoms with Crippen LogP contribution >= 0.6 is 11.6 Å². The van der Waals surface area contributed by atoms with Crippen molar-refractivity contribution < 1.29 is 5.11 Å². The summed E-state index contributed by atoms with van der Waals surface area (Å²) in [5.41, 5.74) is 3.02. The number of nitrogens with zero attached hydrogens (tertiary/aromatic N) is 2. The molecule has 0 radical (unpaired) electrons. The van der Waals surface area contributed by atoms with Crippen LogP contribution in [0.5, 0.6) is 0 Å². The lowest BCUT2D eigenvalue weighted by Gasteiger charge is -2.20. The van der Waals surface area contributed by atoms with Crippen molar-refractivity contribution in [2.24, 2.45) is 0 Å². The van der Waals surface area contributed by atoms with Gasteiger partial charge in [0, 0.05) is 24.8 Å². The number of aliphatic hydroxyl groups is 1. The van der Waals surface area contributed by atoms with E-state index in [1.807, 2.05) is 44.3 Å². The summed E-state index contributed by atoms with van der Waals surface area (Å²) >= 11 is 5.98. The molecule has 0 unspecified atom stereocenters. The molecule has 4 heteroatoms. The Balaban J connectivity index is 2.18. The Morgan fingerprint density at radius 3 is 2.68 bits per heavy atom. The molecule has 1 aromatic carbocycles. The van der Waals surface area contributed by atoms with Gasteiger partial charge in [-0.3, -0.25) is 0 Å². The average molecular weight is 277 g/mol. The van der Waals surface area contributed by atoms with Gasteiger partial charge in [-0.1, -0.05) is 23.7 Å². The van der Waals surface area contributed by atoms with E-state index in [9.17, 15) is 0 Å². The Kier molecular flexibility index (Phi) is 4.40. The summed E-state index contributed by atoms with van der Waals surface area (Å²) < 4.78 is 0. The quantitative estimate of drug-likeness (QED) is 0.932. The molecule has 0 amide bonds. The molecule has 0 spiro atoms. The van der Waals surface area contributed by atoms with Gasteiger partial charge in [0.15, 0.2) is 0 Å². The minimum Gasteiger partial charge on any atom is -0.392 e. The number of anilines is 1. The number of hydrogen-bond acceptors (Lipinski definition) is 3. The fraction of sp³-hybridized carbons (Fsp3) is 0.267. The summed E-state index contributed by atoms with van der Waals surface area (Å²) in [5.74, 6) is 0.914. The minimum atomic E-state index is 0.0200. The highest BCUT2D eigenvalue weighted by atomic mass is 35.5. The van der Waals surface area contributed by atoms with Gasteiger partial charge in [-0.25, -0.2) is 4.98 Å². The van der Waals surface area contributed by atoms with E-state index in [1.165, 1.54) is 0 Å². The number of rotatable bonds is 4. The van der Waals surface area contributed by atoms with Crippen LogP contribution in [0.1, 0.15) is 16.7 Å². The Labute approximate surface area is 118 Å². The summed E-state index contributed by atoms with van der Waals surface area (Å²) in [7, 11) is 1.99. The largest absolute Gasteiger partial charge is 0.392 e. The topological polar surface area (TPSA) is 36.4 Å². The standard InChI is InChI=1S/C15H17ClN2O/c1-11-6-13(10-19)8-17-15(11)18(2)9-12-4-3-5-14(16)7-12/h3-8,19H,9-10H2,1-2H3. The molecule has 1 N–H and O–H groups in total. The van der Waals surface area contributed by atoms with E-state index in [0.717, 1.165) is 34.1 Å². The highest BCUT2D eigenvalue weighted by molar-refractivity contribution is 6.30. The molecule has 0 atom stereocenters. The lowest BCUT2D eigenvalue weighted by molar-refractivity contribution is 0.281. The fourth-order valence-corrected chi connectivity index (χ4v) is 2.31. The molecule has 0 aliphatic heterocycles. The molecule has 3 nitrogen and oxygen atoms in total. The first kappa shape index (κ1) is 13.8. The Bertz CT molecular complexity index is 572. The normalized spacial score (nSPS) is 10.5. The Morgan fingerprint density at radius 1 is 1.26 bits per heavy atom. The number of aromatic nitrogens is 1. The Morgan fingerprint density at radius 2 is 2.05 bits per heavy atom. The van der Waals surface area contributed by atoms with Crippen LogP contribution in [0.15, 0.2) is 36.5 Å². The number of aryl methyl sites for hydroxylation is 1. The number of halogens is 1. The second-order valence-corrected chi connectivity index (χ2v) is 5.06. The first-order valence-electron chi connectivity index (χ1n) is 6.12. The van der Waals surface area contributed by atoms with Gasteiger partial charge in [-0.05, 0) is 41.8 Å². The van der Waals surface area contributed by atoms with Crippen LogP contribution in [0, 0.1) is 6.92 Å². The van der Waals surface area contributed by atoms with Crippen LogP contribution in [-0.2, 0) is 13.2 Å². The molecule has 1 aromatic heterocycles. The molecule has 0 aliphatic carbocycles. The van der Waals surface area contributed by atoms with Gasteiger partial charge in [-0.2, -0.15) is 0 Å². The summed E-state index contributed by atoms with van der Waals surface area (Å²) in [6.07, 6.45) is 1.71. The molecule has 0 bridgehead atoms. The molecular weight excluding hydrogens is 260 g/mol. The van der Waals surface area contributed by atoms with Crippen molar-refractivity contribution in [1.29, 1.82) is 0 Å². The molecule has 2 aromatic rings. The zero-order chi connectivity index (χ0) is 13.8. The number of aliphatic hydroxyl groups excluding tert-OH is 1. The van der Waals surface area contributed by atoms with Crippen molar-refractivity contribution in [2.45, 2.75) is 20.1 Å². The molecule has 1 heterocycles. The van der Waals surface area contributed by atoms with Crippen molar-refractivity contribution in [1.82, 2.24) is 4.98 Å². The zero-order valence-corrected chi connectivity index (χ0v) is 11.9. The van der Waals surface area contributed by atoms with Crippen LogP contribution in [0.25, 0.3) is 0 Å². The van der Waals surface area contributed by atoms with Gasteiger partial charge in [0.05, 0.1) is 6.61 Å². The molecule has 19 heavy (non-hydrogen) atoms. The van der Waals surface area contributed by atoms with Gasteiger partial charge in [-0.15, -0.1) is 0 Å². The summed E-state index contributed by atoms with van der Waals surface area (Å²) in [6, 6.07) is 9.76. The van der Waals surface area contributed by atoms with Gasteiger partial charge < -0.3 is 10.0 Å². The second kappa shape index (κ2) is 6.04. The van der Waals surface area contributed by atoms with Crippen LogP contribution in [-0.4, -0.2) is 17.1 Å². The van der Waals surface area contributed by atoms with Crippen LogP contribution < -0.4 is 4.90 Å². The summed E-state index contributed by atoms with van der Waals surface area (Å²) in [6.45, 7) is 2.76. The van der Waals surface area contributed by atoms with Crippen molar-refractivity contribution >= 4 is 17.4 Å².